The van der Waals surface area contributed by atoms with E-state index in [4.69, 9.17) is 6.42 Å². The van der Waals surface area contributed by atoms with Crippen LogP contribution >= 0.6 is 0 Å². The lowest BCUT2D eigenvalue weighted by Crippen LogP contribution is -1.97. The maximum atomic E-state index is 11.1. The van der Waals surface area contributed by atoms with E-state index in [1.54, 1.807) is 18.2 Å². The van der Waals surface area contributed by atoms with Gasteiger partial charge < -0.3 is 0 Å². The van der Waals surface area contributed by atoms with Crippen molar-refractivity contribution in [3.05, 3.63) is 29.8 Å². The third-order valence-electron chi connectivity index (χ3n) is 1.63. The summed E-state index contributed by atoms with van der Waals surface area (Å²) < 4.78 is 22.3. The smallest absolute Gasteiger partial charge is 0.175 e. The Bertz CT molecular complexity index is 438. The zero-order chi connectivity index (χ0) is 9.90. The Morgan fingerprint density at radius 2 is 2.15 bits per heavy atom. The van der Waals surface area contributed by atoms with Crippen LogP contribution in [0.15, 0.2) is 29.2 Å². The van der Waals surface area contributed by atoms with E-state index in [9.17, 15) is 8.42 Å². The highest BCUT2D eigenvalue weighted by molar-refractivity contribution is 7.90. The molecule has 68 valence electrons. The Balaban J connectivity index is 3.15. The fraction of sp³-hybridized carbons (Fsp3) is 0.200. The number of rotatable bonds is 2. The average molecular weight is 194 g/mol. The van der Waals surface area contributed by atoms with Crippen molar-refractivity contribution in [2.75, 3.05) is 6.26 Å². The van der Waals surface area contributed by atoms with Crippen LogP contribution in [0.4, 0.5) is 0 Å². The SMILES string of the molecule is C#CCc1cccc(S(C)(=O)=O)c1. The van der Waals surface area contributed by atoms with Crippen molar-refractivity contribution in [2.45, 2.75) is 11.3 Å². The van der Waals surface area contributed by atoms with Gasteiger partial charge in [0.05, 0.1) is 4.90 Å². The van der Waals surface area contributed by atoms with Crippen LogP contribution < -0.4 is 0 Å². The normalized spacial score (nSPS) is 10.8. The van der Waals surface area contributed by atoms with Crippen LogP contribution in [0.2, 0.25) is 0 Å². The van der Waals surface area contributed by atoms with Crippen LogP contribution in [0.1, 0.15) is 5.56 Å². The van der Waals surface area contributed by atoms with Gasteiger partial charge in [-0.25, -0.2) is 8.42 Å². The van der Waals surface area contributed by atoms with Crippen LogP contribution in [0.5, 0.6) is 0 Å². The van der Waals surface area contributed by atoms with E-state index in [-0.39, 0.29) is 0 Å². The summed E-state index contributed by atoms with van der Waals surface area (Å²) in [5, 5.41) is 0. The summed E-state index contributed by atoms with van der Waals surface area (Å²) >= 11 is 0. The number of hydrogen-bond donors (Lipinski definition) is 0. The molecule has 0 radical (unpaired) electrons. The Morgan fingerprint density at radius 1 is 1.46 bits per heavy atom. The summed E-state index contributed by atoms with van der Waals surface area (Å²) in [6, 6.07) is 6.68. The van der Waals surface area contributed by atoms with Crippen molar-refractivity contribution in [2.24, 2.45) is 0 Å². The molecular formula is C10H10O2S. The van der Waals surface area contributed by atoms with Crippen LogP contribution in [0.25, 0.3) is 0 Å². The molecule has 0 atom stereocenters. The summed E-state index contributed by atoms with van der Waals surface area (Å²) in [5.41, 5.74) is 0.852. The van der Waals surface area contributed by atoms with Gasteiger partial charge in [-0.15, -0.1) is 12.3 Å². The summed E-state index contributed by atoms with van der Waals surface area (Å²) in [7, 11) is -3.11. The highest BCUT2D eigenvalue weighted by atomic mass is 32.2. The molecule has 0 spiro atoms. The van der Waals surface area contributed by atoms with E-state index in [1.165, 1.54) is 6.26 Å². The van der Waals surface area contributed by atoms with E-state index >= 15 is 0 Å². The Hall–Kier alpha value is -1.27. The van der Waals surface area contributed by atoms with Crippen molar-refractivity contribution >= 4 is 9.84 Å². The standard InChI is InChI=1S/C10H10O2S/c1-3-5-9-6-4-7-10(8-9)13(2,11)12/h1,4,6-8H,5H2,2H3. The quantitative estimate of drug-likeness (QED) is 0.664. The molecule has 0 aliphatic carbocycles. The van der Waals surface area contributed by atoms with Gasteiger partial charge >= 0.3 is 0 Å². The first kappa shape index (κ1) is 9.82. The van der Waals surface area contributed by atoms with Gasteiger partial charge in [-0.05, 0) is 17.7 Å². The van der Waals surface area contributed by atoms with Gasteiger partial charge in [0.15, 0.2) is 9.84 Å². The third-order valence-corrected chi connectivity index (χ3v) is 2.74. The molecular weight excluding hydrogens is 184 g/mol. The molecule has 0 aliphatic rings. The lowest BCUT2D eigenvalue weighted by molar-refractivity contribution is 0.602. The zero-order valence-corrected chi connectivity index (χ0v) is 8.14. The predicted octanol–water partition coefficient (Wildman–Crippen LogP) is 1.27. The summed E-state index contributed by atoms with van der Waals surface area (Å²) in [6.45, 7) is 0. The molecule has 0 heterocycles. The molecule has 0 N–H and O–H groups in total. The zero-order valence-electron chi connectivity index (χ0n) is 7.32. The topological polar surface area (TPSA) is 34.1 Å². The van der Waals surface area contributed by atoms with E-state index in [0.29, 0.717) is 11.3 Å². The molecule has 2 nitrogen and oxygen atoms in total. The number of terminal acetylenes is 1. The van der Waals surface area contributed by atoms with Crippen molar-refractivity contribution < 1.29 is 8.42 Å². The van der Waals surface area contributed by atoms with Crippen LogP contribution in [-0.4, -0.2) is 14.7 Å². The van der Waals surface area contributed by atoms with Gasteiger partial charge in [-0.3, -0.25) is 0 Å². The molecule has 1 aromatic rings. The highest BCUT2D eigenvalue weighted by Crippen LogP contribution is 2.11. The third kappa shape index (κ3) is 2.60. The van der Waals surface area contributed by atoms with Gasteiger partial charge in [-0.1, -0.05) is 12.1 Å². The maximum absolute atomic E-state index is 11.1. The molecule has 3 heteroatoms. The molecule has 0 fully saturated rings. The molecule has 0 amide bonds. The molecule has 0 saturated carbocycles. The van der Waals surface area contributed by atoms with Crippen molar-refractivity contribution in [1.29, 1.82) is 0 Å². The summed E-state index contributed by atoms with van der Waals surface area (Å²) in [6.07, 6.45) is 6.76. The van der Waals surface area contributed by atoms with Gasteiger partial charge in [0, 0.05) is 12.7 Å². The van der Waals surface area contributed by atoms with E-state index in [1.807, 2.05) is 6.07 Å². The fourth-order valence-corrected chi connectivity index (χ4v) is 1.70. The minimum absolute atomic E-state index is 0.320. The first-order valence-corrected chi connectivity index (χ1v) is 5.65. The van der Waals surface area contributed by atoms with Crippen molar-refractivity contribution in [3.63, 3.8) is 0 Å². The molecule has 0 aromatic heterocycles. The molecule has 1 aromatic carbocycles. The number of benzene rings is 1. The van der Waals surface area contributed by atoms with E-state index < -0.39 is 9.84 Å². The fourth-order valence-electron chi connectivity index (χ4n) is 1.00. The lowest BCUT2D eigenvalue weighted by atomic mass is 10.2. The van der Waals surface area contributed by atoms with Gasteiger partial charge in [0.2, 0.25) is 0 Å². The molecule has 0 unspecified atom stereocenters. The number of sulfone groups is 1. The highest BCUT2D eigenvalue weighted by Gasteiger charge is 2.06. The van der Waals surface area contributed by atoms with Gasteiger partial charge in [0.25, 0.3) is 0 Å². The molecule has 0 aliphatic heterocycles. The van der Waals surface area contributed by atoms with Crippen molar-refractivity contribution in [3.8, 4) is 12.3 Å². The molecule has 1 rings (SSSR count). The minimum Gasteiger partial charge on any atom is -0.224 e. The van der Waals surface area contributed by atoms with Crippen LogP contribution in [0.3, 0.4) is 0 Å². The maximum Gasteiger partial charge on any atom is 0.175 e. The summed E-state index contributed by atoms with van der Waals surface area (Å²) in [4.78, 5) is 0.320. The van der Waals surface area contributed by atoms with Crippen LogP contribution in [0, 0.1) is 12.3 Å². The number of hydrogen-bond acceptors (Lipinski definition) is 2. The second-order valence-corrected chi connectivity index (χ2v) is 4.82. The van der Waals surface area contributed by atoms with E-state index in [0.717, 1.165) is 5.56 Å². The van der Waals surface area contributed by atoms with E-state index in [2.05, 4.69) is 5.92 Å². The average Bonchev–Trinajstić information content (AvgIpc) is 2.04. The predicted molar refractivity (Wildman–Crippen MR) is 52.1 cm³/mol. The van der Waals surface area contributed by atoms with Gasteiger partial charge in [-0.2, -0.15) is 0 Å². The van der Waals surface area contributed by atoms with Crippen molar-refractivity contribution in [1.82, 2.24) is 0 Å². The molecule has 0 bridgehead atoms. The first-order valence-electron chi connectivity index (χ1n) is 3.76. The molecule has 0 saturated heterocycles. The summed E-state index contributed by atoms with van der Waals surface area (Å²) in [5.74, 6) is 2.47. The monoisotopic (exact) mass is 194 g/mol. The second-order valence-electron chi connectivity index (χ2n) is 2.80. The lowest BCUT2D eigenvalue weighted by Gasteiger charge is -1.99. The van der Waals surface area contributed by atoms with Gasteiger partial charge in [0.1, 0.15) is 0 Å². The second kappa shape index (κ2) is 3.63. The largest absolute Gasteiger partial charge is 0.224 e. The Kier molecular flexibility index (Phi) is 2.74. The Labute approximate surface area is 78.5 Å². The Morgan fingerprint density at radius 3 is 2.69 bits per heavy atom. The molecule has 13 heavy (non-hydrogen) atoms. The first-order chi connectivity index (χ1) is 6.04. The van der Waals surface area contributed by atoms with Crippen LogP contribution in [-0.2, 0) is 16.3 Å². The minimum atomic E-state index is -3.11.